The predicted molar refractivity (Wildman–Crippen MR) is 206 cm³/mol. The molecule has 0 fully saturated rings. The van der Waals surface area contributed by atoms with Crippen molar-refractivity contribution < 1.29 is 24.2 Å². The van der Waals surface area contributed by atoms with E-state index in [2.05, 4.69) is 41.7 Å². The zero-order chi connectivity index (χ0) is 38.4. The standard InChI is InChI=1S/C42H54N6O5/c1-29(2)38(47-40(51)48(6)27-33-20-13-21-37(44-33)42(3,4)5)39(50)45-34(23-30-15-9-7-10-16-30)25-36(49)35(24-31-17-11-8-12-18-31)46-41(52)53-28-32-19-14-22-43-26-32/h7-22,26,29,34-36,38,49H,23-25,27-28H2,1-6H3,(H,45,50)(H,46,52)(H,47,51)/t34-,35-,36-,38-/m0/s1. The molecule has 0 saturated carbocycles. The van der Waals surface area contributed by atoms with Crippen molar-refractivity contribution in [1.82, 2.24) is 30.8 Å². The van der Waals surface area contributed by atoms with Crippen molar-refractivity contribution in [3.63, 3.8) is 0 Å². The fourth-order valence-electron chi connectivity index (χ4n) is 5.89. The van der Waals surface area contributed by atoms with Crippen LogP contribution in [-0.2, 0) is 40.9 Å². The second-order valence-electron chi connectivity index (χ2n) is 14.9. The normalized spacial score (nSPS) is 13.7. The van der Waals surface area contributed by atoms with Gasteiger partial charge in [0.1, 0.15) is 12.6 Å². The fraction of sp³-hybridized carbons (Fsp3) is 0.405. The van der Waals surface area contributed by atoms with Crippen LogP contribution in [0.25, 0.3) is 0 Å². The third-order valence-corrected chi connectivity index (χ3v) is 8.91. The lowest BCUT2D eigenvalue weighted by atomic mass is 9.91. The molecule has 0 aliphatic rings. The Kier molecular flexibility index (Phi) is 14.9. The van der Waals surface area contributed by atoms with Crippen molar-refractivity contribution in [3.8, 4) is 0 Å². The molecule has 0 aliphatic carbocycles. The number of nitrogens with zero attached hydrogens (tertiary/aromatic N) is 3. The summed E-state index contributed by atoms with van der Waals surface area (Å²) in [6.45, 7) is 10.3. The highest BCUT2D eigenvalue weighted by Gasteiger charge is 2.31. The number of benzene rings is 2. The summed E-state index contributed by atoms with van der Waals surface area (Å²) in [6, 6.07) is 26.1. The van der Waals surface area contributed by atoms with Crippen molar-refractivity contribution in [3.05, 3.63) is 131 Å². The third kappa shape index (κ3) is 13.3. The van der Waals surface area contributed by atoms with Crippen LogP contribution in [-0.4, -0.2) is 69.3 Å². The Bertz CT molecular complexity index is 1730. The highest BCUT2D eigenvalue weighted by Crippen LogP contribution is 2.20. The van der Waals surface area contributed by atoms with Crippen LogP contribution in [0, 0.1) is 5.92 Å². The number of aliphatic hydroxyl groups excluding tert-OH is 1. The Balaban J connectivity index is 1.48. The van der Waals surface area contributed by atoms with Gasteiger partial charge >= 0.3 is 12.1 Å². The Morgan fingerprint density at radius 2 is 1.45 bits per heavy atom. The van der Waals surface area contributed by atoms with Crippen LogP contribution in [0.2, 0.25) is 0 Å². The van der Waals surface area contributed by atoms with Gasteiger partial charge in [-0.1, -0.05) is 107 Å². The number of amides is 4. The molecule has 0 bridgehead atoms. The molecular formula is C42H54N6O5. The van der Waals surface area contributed by atoms with E-state index in [0.717, 1.165) is 28.1 Å². The Morgan fingerprint density at radius 1 is 0.811 bits per heavy atom. The summed E-state index contributed by atoms with van der Waals surface area (Å²) in [4.78, 5) is 50.7. The van der Waals surface area contributed by atoms with E-state index < -0.39 is 36.4 Å². The summed E-state index contributed by atoms with van der Waals surface area (Å²) >= 11 is 0. The van der Waals surface area contributed by atoms with Gasteiger partial charge in [0.25, 0.3) is 0 Å². The summed E-state index contributed by atoms with van der Waals surface area (Å²) in [5.74, 6) is -0.606. The van der Waals surface area contributed by atoms with Gasteiger partial charge < -0.3 is 30.7 Å². The Labute approximate surface area is 313 Å². The maximum Gasteiger partial charge on any atom is 0.407 e. The van der Waals surface area contributed by atoms with E-state index in [-0.39, 0.29) is 36.8 Å². The second-order valence-corrected chi connectivity index (χ2v) is 14.9. The molecule has 53 heavy (non-hydrogen) atoms. The number of hydrogen-bond acceptors (Lipinski definition) is 7. The SMILES string of the molecule is CC(C)[C@H](NC(=O)N(C)Cc1cccc(C(C)(C)C)n1)C(=O)N[C@@H](Cc1ccccc1)C[C@H](O)[C@H](Cc1ccccc1)NC(=O)OCc1cccnc1. The first-order valence-electron chi connectivity index (χ1n) is 18.1. The van der Waals surface area contributed by atoms with E-state index in [4.69, 9.17) is 9.72 Å². The molecule has 0 spiro atoms. The zero-order valence-corrected chi connectivity index (χ0v) is 31.7. The molecule has 4 N–H and O–H groups in total. The molecule has 282 valence electrons. The number of aromatic nitrogens is 2. The maximum atomic E-state index is 14.0. The first kappa shape index (κ1) is 40.5. The number of rotatable bonds is 16. The van der Waals surface area contributed by atoms with Gasteiger partial charge in [-0.15, -0.1) is 0 Å². The molecule has 2 aromatic carbocycles. The molecule has 4 rings (SSSR count). The summed E-state index contributed by atoms with van der Waals surface area (Å²) in [5, 5.41) is 20.6. The lowest BCUT2D eigenvalue weighted by Gasteiger charge is -2.30. The number of ether oxygens (including phenoxy) is 1. The van der Waals surface area contributed by atoms with Crippen molar-refractivity contribution in [2.45, 2.75) is 96.7 Å². The molecule has 4 amide bonds. The number of hydrogen-bond donors (Lipinski definition) is 4. The minimum Gasteiger partial charge on any atom is -0.445 e. The van der Waals surface area contributed by atoms with Gasteiger partial charge in [0.15, 0.2) is 0 Å². The summed E-state index contributed by atoms with van der Waals surface area (Å²) < 4.78 is 5.46. The van der Waals surface area contributed by atoms with Crippen LogP contribution in [0.15, 0.2) is 103 Å². The molecule has 11 nitrogen and oxygen atoms in total. The third-order valence-electron chi connectivity index (χ3n) is 8.91. The lowest BCUT2D eigenvalue weighted by molar-refractivity contribution is -0.124. The highest BCUT2D eigenvalue weighted by atomic mass is 16.5. The quantitative estimate of drug-likeness (QED) is 0.112. The zero-order valence-electron chi connectivity index (χ0n) is 31.7. The average molecular weight is 723 g/mol. The number of pyridine rings is 2. The number of urea groups is 1. The van der Waals surface area contributed by atoms with Gasteiger partial charge in [-0.2, -0.15) is 0 Å². The predicted octanol–water partition coefficient (Wildman–Crippen LogP) is 5.96. The fourth-order valence-corrected chi connectivity index (χ4v) is 5.89. The monoisotopic (exact) mass is 722 g/mol. The smallest absolute Gasteiger partial charge is 0.407 e. The van der Waals surface area contributed by atoms with E-state index in [1.165, 1.54) is 4.90 Å². The van der Waals surface area contributed by atoms with Gasteiger partial charge in [0.05, 0.1) is 24.4 Å². The van der Waals surface area contributed by atoms with Crippen molar-refractivity contribution in [1.29, 1.82) is 0 Å². The van der Waals surface area contributed by atoms with Crippen molar-refractivity contribution in [2.75, 3.05) is 7.05 Å². The summed E-state index contributed by atoms with van der Waals surface area (Å²) in [7, 11) is 1.67. The van der Waals surface area contributed by atoms with Crippen molar-refractivity contribution in [2.24, 2.45) is 5.92 Å². The maximum absolute atomic E-state index is 14.0. The molecule has 0 saturated heterocycles. The van der Waals surface area contributed by atoms with Crippen molar-refractivity contribution >= 4 is 18.0 Å². The molecule has 0 unspecified atom stereocenters. The topological polar surface area (TPSA) is 146 Å². The molecule has 11 heteroatoms. The van der Waals surface area contributed by atoms with Crippen LogP contribution in [0.5, 0.6) is 0 Å². The summed E-state index contributed by atoms with van der Waals surface area (Å²) in [5.41, 5.74) is 4.15. The number of carbonyl (C=O) groups excluding carboxylic acids is 3. The molecule has 0 aliphatic heterocycles. The molecule has 2 aromatic heterocycles. The van der Waals surface area contributed by atoms with Gasteiger partial charge in [-0.05, 0) is 54.5 Å². The minimum absolute atomic E-state index is 0.0256. The molecule has 4 atom stereocenters. The minimum atomic E-state index is -1.07. The Hall–Kier alpha value is -5.29. The molecule has 0 radical (unpaired) electrons. The van der Waals surface area contributed by atoms with E-state index in [1.54, 1.807) is 31.6 Å². The van der Waals surface area contributed by atoms with Crippen LogP contribution >= 0.6 is 0 Å². The average Bonchev–Trinajstić information content (AvgIpc) is 3.13. The lowest BCUT2D eigenvalue weighted by Crippen LogP contribution is -2.55. The van der Waals surface area contributed by atoms with Crippen LogP contribution in [0.3, 0.4) is 0 Å². The van der Waals surface area contributed by atoms with E-state index in [1.807, 2.05) is 92.7 Å². The first-order valence-corrected chi connectivity index (χ1v) is 18.1. The molecular weight excluding hydrogens is 668 g/mol. The van der Waals surface area contributed by atoms with Crippen LogP contribution in [0.1, 0.15) is 69.1 Å². The second kappa shape index (κ2) is 19.5. The Morgan fingerprint density at radius 3 is 2.06 bits per heavy atom. The van der Waals surface area contributed by atoms with Gasteiger partial charge in [0.2, 0.25) is 5.91 Å². The van der Waals surface area contributed by atoms with Gasteiger partial charge in [0, 0.05) is 42.2 Å². The first-order chi connectivity index (χ1) is 25.3. The van der Waals surface area contributed by atoms with E-state index in [0.29, 0.717) is 12.8 Å². The molecule has 4 aromatic rings. The number of carbonyl (C=O) groups is 3. The number of alkyl carbamates (subject to hydrolysis) is 1. The van der Waals surface area contributed by atoms with Gasteiger partial charge in [-0.3, -0.25) is 14.8 Å². The molecule has 2 heterocycles. The highest BCUT2D eigenvalue weighted by molar-refractivity contribution is 5.87. The number of aliphatic hydroxyl groups is 1. The van der Waals surface area contributed by atoms with E-state index >= 15 is 0 Å². The van der Waals surface area contributed by atoms with Crippen LogP contribution in [0.4, 0.5) is 9.59 Å². The number of nitrogens with one attached hydrogen (secondary N) is 3. The van der Waals surface area contributed by atoms with Gasteiger partial charge in [-0.25, -0.2) is 9.59 Å². The van der Waals surface area contributed by atoms with E-state index in [9.17, 15) is 19.5 Å². The van der Waals surface area contributed by atoms with Crippen LogP contribution < -0.4 is 16.0 Å². The largest absolute Gasteiger partial charge is 0.445 e. The summed E-state index contributed by atoms with van der Waals surface area (Å²) in [6.07, 6.45) is 2.39.